The number of rotatable bonds is 4. The maximum absolute atomic E-state index is 5.68. The van der Waals surface area contributed by atoms with Crippen molar-refractivity contribution >= 4 is 0 Å². The van der Waals surface area contributed by atoms with Crippen molar-refractivity contribution in [2.24, 2.45) is 0 Å². The standard InChI is InChI=1S/C16H14N2O2/c1-19-14-9-7-13(8-10-14)16-18-17-15(20-16)11-12-5-3-2-4-6-12/h2-10H,11H2,1H3. The highest BCUT2D eigenvalue weighted by Gasteiger charge is 2.09. The fourth-order valence-corrected chi connectivity index (χ4v) is 1.95. The molecule has 1 aromatic heterocycles. The summed E-state index contributed by atoms with van der Waals surface area (Å²) in [7, 11) is 1.64. The Hall–Kier alpha value is -2.62. The van der Waals surface area contributed by atoms with Crippen molar-refractivity contribution in [1.29, 1.82) is 0 Å². The van der Waals surface area contributed by atoms with Gasteiger partial charge in [-0.25, -0.2) is 0 Å². The van der Waals surface area contributed by atoms with E-state index in [4.69, 9.17) is 9.15 Å². The Balaban J connectivity index is 1.79. The van der Waals surface area contributed by atoms with Crippen LogP contribution in [0.25, 0.3) is 11.5 Å². The molecule has 0 atom stereocenters. The van der Waals surface area contributed by atoms with Crippen LogP contribution in [0.2, 0.25) is 0 Å². The van der Waals surface area contributed by atoms with Crippen LogP contribution >= 0.6 is 0 Å². The monoisotopic (exact) mass is 266 g/mol. The van der Waals surface area contributed by atoms with Crippen molar-refractivity contribution in [2.75, 3.05) is 7.11 Å². The molecule has 0 aliphatic heterocycles. The molecule has 20 heavy (non-hydrogen) atoms. The second-order valence-corrected chi connectivity index (χ2v) is 4.39. The highest BCUT2D eigenvalue weighted by Crippen LogP contribution is 2.21. The second-order valence-electron chi connectivity index (χ2n) is 4.39. The van der Waals surface area contributed by atoms with Gasteiger partial charge in [-0.2, -0.15) is 0 Å². The highest BCUT2D eigenvalue weighted by atomic mass is 16.5. The molecule has 0 bridgehead atoms. The van der Waals surface area contributed by atoms with E-state index in [0.29, 0.717) is 18.2 Å². The summed E-state index contributed by atoms with van der Waals surface area (Å²) in [6.45, 7) is 0. The maximum Gasteiger partial charge on any atom is 0.247 e. The smallest absolute Gasteiger partial charge is 0.247 e. The molecule has 4 heteroatoms. The third kappa shape index (κ3) is 2.69. The molecule has 0 radical (unpaired) electrons. The van der Waals surface area contributed by atoms with E-state index in [1.54, 1.807) is 7.11 Å². The lowest BCUT2D eigenvalue weighted by Crippen LogP contribution is -1.87. The average Bonchev–Trinajstić information content (AvgIpc) is 2.97. The van der Waals surface area contributed by atoms with E-state index in [2.05, 4.69) is 10.2 Å². The van der Waals surface area contributed by atoms with Gasteiger partial charge in [0.25, 0.3) is 0 Å². The van der Waals surface area contributed by atoms with Gasteiger partial charge in [0, 0.05) is 5.56 Å². The van der Waals surface area contributed by atoms with Gasteiger partial charge in [0.1, 0.15) is 5.75 Å². The van der Waals surface area contributed by atoms with Gasteiger partial charge in [-0.05, 0) is 29.8 Å². The van der Waals surface area contributed by atoms with Gasteiger partial charge >= 0.3 is 0 Å². The summed E-state index contributed by atoms with van der Waals surface area (Å²) in [5.74, 6) is 1.94. The predicted octanol–water partition coefficient (Wildman–Crippen LogP) is 3.34. The minimum Gasteiger partial charge on any atom is -0.497 e. The lowest BCUT2D eigenvalue weighted by atomic mass is 10.1. The number of aromatic nitrogens is 2. The molecular formula is C16H14N2O2. The minimum atomic E-state index is 0.526. The summed E-state index contributed by atoms with van der Waals surface area (Å²) in [6.07, 6.45) is 0.643. The van der Waals surface area contributed by atoms with E-state index in [-0.39, 0.29) is 0 Å². The number of hydrogen-bond donors (Lipinski definition) is 0. The fraction of sp³-hybridized carbons (Fsp3) is 0.125. The Morgan fingerprint density at radius 2 is 1.70 bits per heavy atom. The predicted molar refractivity (Wildman–Crippen MR) is 75.5 cm³/mol. The van der Waals surface area contributed by atoms with Crippen LogP contribution in [0.15, 0.2) is 59.0 Å². The van der Waals surface area contributed by atoms with E-state index in [0.717, 1.165) is 16.9 Å². The summed E-state index contributed by atoms with van der Waals surface area (Å²) in [6, 6.07) is 17.6. The number of ether oxygens (including phenoxy) is 1. The number of benzene rings is 2. The van der Waals surface area contributed by atoms with Gasteiger partial charge in [0.2, 0.25) is 11.8 Å². The van der Waals surface area contributed by atoms with Crippen LogP contribution in [0.1, 0.15) is 11.5 Å². The van der Waals surface area contributed by atoms with Crippen LogP contribution in [-0.2, 0) is 6.42 Å². The SMILES string of the molecule is COc1ccc(-c2nnc(Cc3ccccc3)o2)cc1. The third-order valence-corrected chi connectivity index (χ3v) is 3.00. The first-order valence-corrected chi connectivity index (χ1v) is 6.36. The first-order valence-electron chi connectivity index (χ1n) is 6.36. The number of methoxy groups -OCH3 is 1. The Morgan fingerprint density at radius 1 is 0.950 bits per heavy atom. The molecule has 0 spiro atoms. The van der Waals surface area contributed by atoms with E-state index >= 15 is 0 Å². The average molecular weight is 266 g/mol. The molecule has 3 rings (SSSR count). The lowest BCUT2D eigenvalue weighted by molar-refractivity contribution is 0.415. The van der Waals surface area contributed by atoms with E-state index in [1.165, 1.54) is 0 Å². The molecule has 0 fully saturated rings. The molecule has 0 amide bonds. The van der Waals surface area contributed by atoms with Crippen LogP contribution < -0.4 is 4.74 Å². The molecule has 0 unspecified atom stereocenters. The van der Waals surface area contributed by atoms with Gasteiger partial charge in [0.05, 0.1) is 13.5 Å². The third-order valence-electron chi connectivity index (χ3n) is 3.00. The summed E-state index contributed by atoms with van der Waals surface area (Å²) in [5.41, 5.74) is 2.04. The minimum absolute atomic E-state index is 0.526. The molecule has 3 aromatic rings. The molecule has 100 valence electrons. The van der Waals surface area contributed by atoms with Gasteiger partial charge < -0.3 is 9.15 Å². The molecular weight excluding hydrogens is 252 g/mol. The van der Waals surface area contributed by atoms with Crippen molar-refractivity contribution < 1.29 is 9.15 Å². The first-order chi connectivity index (χ1) is 9.85. The van der Waals surface area contributed by atoms with Crippen LogP contribution in [0, 0.1) is 0 Å². The van der Waals surface area contributed by atoms with Gasteiger partial charge in [-0.3, -0.25) is 0 Å². The molecule has 0 N–H and O–H groups in total. The summed E-state index contributed by atoms with van der Waals surface area (Å²) in [4.78, 5) is 0. The van der Waals surface area contributed by atoms with Gasteiger partial charge in [-0.15, -0.1) is 10.2 Å². The van der Waals surface area contributed by atoms with Crippen LogP contribution in [0.3, 0.4) is 0 Å². The normalized spacial score (nSPS) is 10.4. The van der Waals surface area contributed by atoms with E-state index < -0.39 is 0 Å². The fourth-order valence-electron chi connectivity index (χ4n) is 1.95. The molecule has 0 aliphatic rings. The Labute approximate surface area is 117 Å². The zero-order chi connectivity index (χ0) is 13.8. The Bertz CT molecular complexity index is 675. The maximum atomic E-state index is 5.68. The number of nitrogens with zero attached hydrogens (tertiary/aromatic N) is 2. The summed E-state index contributed by atoms with van der Waals surface area (Å²) >= 11 is 0. The van der Waals surface area contributed by atoms with E-state index in [9.17, 15) is 0 Å². The Morgan fingerprint density at radius 3 is 2.40 bits per heavy atom. The largest absolute Gasteiger partial charge is 0.497 e. The highest BCUT2D eigenvalue weighted by molar-refractivity contribution is 5.53. The molecule has 2 aromatic carbocycles. The Kier molecular flexibility index (Phi) is 3.46. The summed E-state index contributed by atoms with van der Waals surface area (Å²) < 4.78 is 10.8. The van der Waals surface area contributed by atoms with E-state index in [1.807, 2.05) is 54.6 Å². The molecule has 4 nitrogen and oxygen atoms in total. The number of hydrogen-bond acceptors (Lipinski definition) is 4. The molecule has 1 heterocycles. The van der Waals surface area contributed by atoms with Gasteiger partial charge in [-0.1, -0.05) is 30.3 Å². The van der Waals surface area contributed by atoms with Crippen LogP contribution in [0.5, 0.6) is 5.75 Å². The van der Waals surface area contributed by atoms with Gasteiger partial charge in [0.15, 0.2) is 0 Å². The lowest BCUT2D eigenvalue weighted by Gasteiger charge is -1.99. The van der Waals surface area contributed by atoms with Crippen LogP contribution in [0.4, 0.5) is 0 Å². The van der Waals surface area contributed by atoms with Crippen molar-refractivity contribution in [3.05, 3.63) is 66.1 Å². The molecule has 0 aliphatic carbocycles. The zero-order valence-corrected chi connectivity index (χ0v) is 11.1. The zero-order valence-electron chi connectivity index (χ0n) is 11.1. The van der Waals surface area contributed by atoms with Crippen molar-refractivity contribution in [3.63, 3.8) is 0 Å². The van der Waals surface area contributed by atoms with Crippen molar-refractivity contribution in [1.82, 2.24) is 10.2 Å². The first kappa shape index (κ1) is 12.4. The molecule has 0 saturated heterocycles. The summed E-state index contributed by atoms with van der Waals surface area (Å²) in [5, 5.41) is 8.16. The topological polar surface area (TPSA) is 48.2 Å². The van der Waals surface area contributed by atoms with Crippen LogP contribution in [-0.4, -0.2) is 17.3 Å². The molecule has 0 saturated carbocycles. The quantitative estimate of drug-likeness (QED) is 0.726. The van der Waals surface area contributed by atoms with Crippen molar-refractivity contribution in [3.8, 4) is 17.2 Å². The van der Waals surface area contributed by atoms with Crippen molar-refractivity contribution in [2.45, 2.75) is 6.42 Å². The second kappa shape index (κ2) is 5.57.